The van der Waals surface area contributed by atoms with Gasteiger partial charge in [-0.1, -0.05) is 35.9 Å². The van der Waals surface area contributed by atoms with Gasteiger partial charge in [0.2, 0.25) is 5.91 Å². The summed E-state index contributed by atoms with van der Waals surface area (Å²) in [6.07, 6.45) is 1.63. The molecule has 1 amide bonds. The third-order valence-corrected chi connectivity index (χ3v) is 2.49. The lowest BCUT2D eigenvalue weighted by atomic mass is 10.1. The van der Waals surface area contributed by atoms with Crippen molar-refractivity contribution in [3.8, 4) is 0 Å². The first-order valence-corrected chi connectivity index (χ1v) is 6.14. The molecule has 1 aromatic rings. The summed E-state index contributed by atoms with van der Waals surface area (Å²) in [5, 5.41) is 3.04. The van der Waals surface area contributed by atoms with Gasteiger partial charge in [0.25, 0.3) is 0 Å². The van der Waals surface area contributed by atoms with Crippen LogP contribution in [0.15, 0.2) is 42.0 Å². The average molecular weight is 246 g/mol. The SMILES string of the molecule is CC(C)=CC(=O)NC(CN(C)C)c1ccccc1. The maximum Gasteiger partial charge on any atom is 0.244 e. The Hall–Kier alpha value is -1.61. The smallest absolute Gasteiger partial charge is 0.244 e. The lowest BCUT2D eigenvalue weighted by molar-refractivity contribution is -0.117. The van der Waals surface area contributed by atoms with E-state index in [4.69, 9.17) is 0 Å². The number of carbonyl (C=O) groups excluding carboxylic acids is 1. The number of hydrogen-bond acceptors (Lipinski definition) is 2. The van der Waals surface area contributed by atoms with Crippen LogP contribution in [0.5, 0.6) is 0 Å². The molecule has 0 saturated heterocycles. The van der Waals surface area contributed by atoms with E-state index in [1.54, 1.807) is 6.08 Å². The molecule has 98 valence electrons. The van der Waals surface area contributed by atoms with Gasteiger partial charge in [0.15, 0.2) is 0 Å². The first-order chi connectivity index (χ1) is 8.49. The summed E-state index contributed by atoms with van der Waals surface area (Å²) in [6, 6.07) is 10.1. The summed E-state index contributed by atoms with van der Waals surface area (Å²) in [5.74, 6) is -0.0364. The minimum Gasteiger partial charge on any atom is -0.344 e. The van der Waals surface area contributed by atoms with E-state index in [1.807, 2.05) is 58.3 Å². The highest BCUT2D eigenvalue weighted by atomic mass is 16.1. The van der Waals surface area contributed by atoms with Crippen LogP contribution in [-0.4, -0.2) is 31.4 Å². The molecule has 1 aromatic carbocycles. The van der Waals surface area contributed by atoms with Crippen molar-refractivity contribution in [1.29, 1.82) is 0 Å². The molecule has 0 fully saturated rings. The molecule has 1 unspecified atom stereocenters. The number of likely N-dealkylation sites (N-methyl/N-ethyl adjacent to an activating group) is 1. The molecule has 3 nitrogen and oxygen atoms in total. The number of rotatable bonds is 5. The highest BCUT2D eigenvalue weighted by Gasteiger charge is 2.13. The molecule has 0 saturated carbocycles. The first kappa shape index (κ1) is 14.5. The van der Waals surface area contributed by atoms with Crippen LogP contribution in [0, 0.1) is 0 Å². The normalized spacial score (nSPS) is 12.1. The number of benzene rings is 1. The molecular weight excluding hydrogens is 224 g/mol. The molecule has 0 heterocycles. The van der Waals surface area contributed by atoms with Gasteiger partial charge in [0.05, 0.1) is 6.04 Å². The van der Waals surface area contributed by atoms with E-state index < -0.39 is 0 Å². The molecule has 18 heavy (non-hydrogen) atoms. The van der Waals surface area contributed by atoms with Gasteiger partial charge in [0.1, 0.15) is 0 Å². The third-order valence-electron chi connectivity index (χ3n) is 2.49. The Kier molecular flexibility index (Phi) is 5.59. The Morgan fingerprint density at radius 1 is 1.28 bits per heavy atom. The lowest BCUT2D eigenvalue weighted by Gasteiger charge is -2.22. The van der Waals surface area contributed by atoms with Gasteiger partial charge in [-0.3, -0.25) is 4.79 Å². The molecule has 0 radical (unpaired) electrons. The second-order valence-corrected chi connectivity index (χ2v) is 4.96. The van der Waals surface area contributed by atoms with Crippen molar-refractivity contribution in [2.45, 2.75) is 19.9 Å². The molecule has 0 aliphatic rings. The topological polar surface area (TPSA) is 32.3 Å². The van der Waals surface area contributed by atoms with Crippen LogP contribution in [0.2, 0.25) is 0 Å². The Morgan fingerprint density at radius 3 is 2.39 bits per heavy atom. The summed E-state index contributed by atoms with van der Waals surface area (Å²) in [6.45, 7) is 4.62. The van der Waals surface area contributed by atoms with Crippen LogP contribution < -0.4 is 5.32 Å². The maximum absolute atomic E-state index is 11.8. The fraction of sp³-hybridized carbons (Fsp3) is 0.400. The summed E-state index contributed by atoms with van der Waals surface area (Å²) in [7, 11) is 4.01. The van der Waals surface area contributed by atoms with Gasteiger partial charge in [-0.25, -0.2) is 0 Å². The summed E-state index contributed by atoms with van der Waals surface area (Å²) < 4.78 is 0. The van der Waals surface area contributed by atoms with E-state index in [0.29, 0.717) is 0 Å². The molecule has 1 rings (SSSR count). The molecule has 1 N–H and O–H groups in total. The van der Waals surface area contributed by atoms with Crippen molar-refractivity contribution in [1.82, 2.24) is 10.2 Å². The second kappa shape index (κ2) is 6.97. The lowest BCUT2D eigenvalue weighted by Crippen LogP contribution is -2.34. The van der Waals surface area contributed by atoms with Crippen LogP contribution in [0.4, 0.5) is 0 Å². The van der Waals surface area contributed by atoms with E-state index in [-0.39, 0.29) is 11.9 Å². The van der Waals surface area contributed by atoms with Crippen LogP contribution in [0.3, 0.4) is 0 Å². The fourth-order valence-corrected chi connectivity index (χ4v) is 1.76. The van der Waals surface area contributed by atoms with Crippen LogP contribution in [0.25, 0.3) is 0 Å². The van der Waals surface area contributed by atoms with Crippen LogP contribution in [-0.2, 0) is 4.79 Å². The van der Waals surface area contributed by atoms with Crippen LogP contribution in [0.1, 0.15) is 25.5 Å². The highest BCUT2D eigenvalue weighted by molar-refractivity contribution is 5.88. The van der Waals surface area contributed by atoms with Gasteiger partial charge in [-0.2, -0.15) is 0 Å². The molecule has 0 bridgehead atoms. The minimum atomic E-state index is -0.0364. The predicted molar refractivity (Wildman–Crippen MR) is 75.3 cm³/mol. The summed E-state index contributed by atoms with van der Waals surface area (Å²) in [4.78, 5) is 13.9. The van der Waals surface area contributed by atoms with E-state index >= 15 is 0 Å². The third kappa shape index (κ3) is 5.15. The van der Waals surface area contributed by atoms with E-state index in [0.717, 1.165) is 17.7 Å². The zero-order valence-corrected chi connectivity index (χ0v) is 11.6. The number of nitrogens with zero attached hydrogens (tertiary/aromatic N) is 1. The van der Waals surface area contributed by atoms with Crippen molar-refractivity contribution in [2.75, 3.05) is 20.6 Å². The molecule has 1 atom stereocenters. The largest absolute Gasteiger partial charge is 0.344 e. The van der Waals surface area contributed by atoms with Crippen LogP contribution >= 0.6 is 0 Å². The Balaban J connectivity index is 2.80. The molecule has 0 aromatic heterocycles. The Bertz CT molecular complexity index is 406. The summed E-state index contributed by atoms with van der Waals surface area (Å²) in [5.41, 5.74) is 2.13. The first-order valence-electron chi connectivity index (χ1n) is 6.14. The monoisotopic (exact) mass is 246 g/mol. The number of amides is 1. The van der Waals surface area contributed by atoms with Crippen molar-refractivity contribution in [2.24, 2.45) is 0 Å². The second-order valence-electron chi connectivity index (χ2n) is 4.96. The highest BCUT2D eigenvalue weighted by Crippen LogP contribution is 2.13. The van der Waals surface area contributed by atoms with E-state index in [9.17, 15) is 4.79 Å². The number of carbonyl (C=O) groups is 1. The Morgan fingerprint density at radius 2 is 1.89 bits per heavy atom. The molecular formula is C15H22N2O. The quantitative estimate of drug-likeness (QED) is 0.809. The molecule has 0 aliphatic carbocycles. The number of allylic oxidation sites excluding steroid dienone is 1. The van der Waals surface area contributed by atoms with Gasteiger partial charge in [0, 0.05) is 12.6 Å². The van der Waals surface area contributed by atoms with Gasteiger partial charge >= 0.3 is 0 Å². The molecule has 0 spiro atoms. The minimum absolute atomic E-state index is 0.0179. The zero-order chi connectivity index (χ0) is 13.5. The van der Waals surface area contributed by atoms with Gasteiger partial charge in [-0.05, 0) is 33.5 Å². The van der Waals surface area contributed by atoms with Gasteiger partial charge in [-0.15, -0.1) is 0 Å². The Labute approximate surface area is 109 Å². The zero-order valence-electron chi connectivity index (χ0n) is 11.6. The van der Waals surface area contributed by atoms with Crippen molar-refractivity contribution in [3.63, 3.8) is 0 Å². The fourth-order valence-electron chi connectivity index (χ4n) is 1.76. The predicted octanol–water partition coefficient (Wildman–Crippen LogP) is 2.37. The summed E-state index contributed by atoms with van der Waals surface area (Å²) >= 11 is 0. The van der Waals surface area contributed by atoms with Crippen molar-refractivity contribution in [3.05, 3.63) is 47.5 Å². The average Bonchev–Trinajstić information content (AvgIpc) is 2.27. The van der Waals surface area contributed by atoms with Crippen molar-refractivity contribution < 1.29 is 4.79 Å². The maximum atomic E-state index is 11.8. The van der Waals surface area contributed by atoms with E-state index in [1.165, 1.54) is 0 Å². The standard InChI is InChI=1S/C15H22N2O/c1-12(2)10-15(18)16-14(11-17(3)4)13-8-6-5-7-9-13/h5-10,14H,11H2,1-4H3,(H,16,18). The number of nitrogens with one attached hydrogen (secondary N) is 1. The molecule has 3 heteroatoms. The van der Waals surface area contributed by atoms with Crippen molar-refractivity contribution >= 4 is 5.91 Å². The molecule has 0 aliphatic heterocycles. The van der Waals surface area contributed by atoms with Gasteiger partial charge < -0.3 is 10.2 Å². The van der Waals surface area contributed by atoms with E-state index in [2.05, 4.69) is 10.2 Å². The number of hydrogen-bond donors (Lipinski definition) is 1.